The second-order valence-electron chi connectivity index (χ2n) is 7.48. The zero-order chi connectivity index (χ0) is 22.4. The van der Waals surface area contributed by atoms with E-state index in [0.717, 1.165) is 11.1 Å². The fourth-order valence-corrected chi connectivity index (χ4v) is 4.04. The lowest BCUT2D eigenvalue weighted by atomic mass is 9.95. The molecule has 0 saturated heterocycles. The first kappa shape index (κ1) is 22.7. The number of rotatable bonds is 7. The summed E-state index contributed by atoms with van der Waals surface area (Å²) >= 11 is 0. The first-order chi connectivity index (χ1) is 15.0. The topological polar surface area (TPSA) is 49.9 Å². The van der Waals surface area contributed by atoms with Crippen molar-refractivity contribution in [2.24, 2.45) is 0 Å². The summed E-state index contributed by atoms with van der Waals surface area (Å²) in [6.45, 7) is 6.46. The van der Waals surface area contributed by atoms with Gasteiger partial charge in [-0.2, -0.15) is 0 Å². The molecule has 0 N–H and O–H groups in total. The Balaban J connectivity index is 1.85. The molecule has 1 aliphatic rings. The summed E-state index contributed by atoms with van der Waals surface area (Å²) in [5, 5.41) is 0. The molecule has 1 aliphatic heterocycles. The van der Waals surface area contributed by atoms with Gasteiger partial charge in [-0.3, -0.25) is 9.69 Å². The molecular weight excluding hydrogens is 395 g/mol. The first-order valence-corrected chi connectivity index (χ1v) is 10.6. The van der Waals surface area contributed by atoms with Gasteiger partial charge < -0.3 is 9.64 Å². The number of carbonyl (C=O) groups is 2. The number of carbonyl (C=O) groups excluding carboxylic acids is 2. The van der Waals surface area contributed by atoms with Crippen LogP contribution in [0.25, 0.3) is 5.57 Å². The van der Waals surface area contributed by atoms with E-state index in [1.807, 2.05) is 55.2 Å². The van der Waals surface area contributed by atoms with E-state index in [4.69, 9.17) is 0 Å². The molecule has 2 aromatic carbocycles. The maximum atomic E-state index is 14.7. The Morgan fingerprint density at radius 2 is 1.84 bits per heavy atom. The number of ether oxygens (including phenoxy) is 1. The maximum absolute atomic E-state index is 14.7. The molecule has 3 rings (SSSR count). The lowest BCUT2D eigenvalue weighted by Crippen LogP contribution is -2.44. The van der Waals surface area contributed by atoms with Crippen LogP contribution >= 0.6 is 0 Å². The molecule has 0 aromatic heterocycles. The molecule has 0 saturated carbocycles. The number of methoxy groups -OCH3 is 1. The summed E-state index contributed by atoms with van der Waals surface area (Å²) in [4.78, 5) is 28.9. The summed E-state index contributed by atoms with van der Waals surface area (Å²) < 4.78 is 19.3. The Labute approximate surface area is 183 Å². The molecule has 1 heterocycles. The molecule has 31 heavy (non-hydrogen) atoms. The molecule has 0 bridgehead atoms. The molecule has 164 valence electrons. The van der Waals surface area contributed by atoms with E-state index in [9.17, 15) is 14.0 Å². The Morgan fingerprint density at radius 1 is 1.13 bits per heavy atom. The summed E-state index contributed by atoms with van der Waals surface area (Å²) in [7, 11) is 1.27. The highest BCUT2D eigenvalue weighted by atomic mass is 19.1. The molecule has 0 spiro atoms. The van der Waals surface area contributed by atoms with Crippen LogP contribution in [0.1, 0.15) is 47.8 Å². The lowest BCUT2D eigenvalue weighted by molar-refractivity contribution is -0.136. The van der Waals surface area contributed by atoms with Crippen molar-refractivity contribution in [3.05, 3.63) is 77.1 Å². The third-order valence-corrected chi connectivity index (χ3v) is 5.77. The van der Waals surface area contributed by atoms with Gasteiger partial charge in [0.2, 0.25) is 5.91 Å². The number of benzene rings is 2. The van der Waals surface area contributed by atoms with Crippen LogP contribution in [0.5, 0.6) is 0 Å². The summed E-state index contributed by atoms with van der Waals surface area (Å²) in [5.74, 6) is -0.919. The smallest absolute Gasteiger partial charge is 0.337 e. The van der Waals surface area contributed by atoms with Crippen molar-refractivity contribution in [3.63, 3.8) is 0 Å². The van der Waals surface area contributed by atoms with Gasteiger partial charge in [0.05, 0.1) is 12.7 Å². The van der Waals surface area contributed by atoms with Crippen molar-refractivity contribution < 1.29 is 18.7 Å². The number of likely N-dealkylation sites (N-methyl/N-ethyl adjacent to an activating group) is 1. The molecule has 6 heteroatoms. The first-order valence-electron chi connectivity index (χ1n) is 10.6. The Kier molecular flexibility index (Phi) is 7.58. The predicted octanol–water partition coefficient (Wildman–Crippen LogP) is 4.31. The van der Waals surface area contributed by atoms with Crippen LogP contribution < -0.4 is 0 Å². The van der Waals surface area contributed by atoms with Gasteiger partial charge in [0.25, 0.3) is 0 Å². The maximum Gasteiger partial charge on any atom is 0.337 e. The van der Waals surface area contributed by atoms with Gasteiger partial charge in [0.1, 0.15) is 11.9 Å². The van der Waals surface area contributed by atoms with Gasteiger partial charge in [0, 0.05) is 31.7 Å². The van der Waals surface area contributed by atoms with Gasteiger partial charge in [-0.05, 0) is 43.5 Å². The van der Waals surface area contributed by atoms with E-state index in [1.54, 1.807) is 12.1 Å². The van der Waals surface area contributed by atoms with E-state index in [1.165, 1.54) is 13.2 Å². The zero-order valence-electron chi connectivity index (χ0n) is 18.3. The zero-order valence-corrected chi connectivity index (χ0v) is 18.3. The fourth-order valence-electron chi connectivity index (χ4n) is 4.04. The van der Waals surface area contributed by atoms with Crippen LogP contribution in [0.3, 0.4) is 0 Å². The van der Waals surface area contributed by atoms with Crippen molar-refractivity contribution in [1.82, 2.24) is 9.80 Å². The van der Waals surface area contributed by atoms with Crippen LogP contribution in [0.2, 0.25) is 0 Å². The highest BCUT2D eigenvalue weighted by molar-refractivity contribution is 5.90. The normalized spacial score (nSPS) is 15.2. The lowest BCUT2D eigenvalue weighted by Gasteiger charge is -2.36. The van der Waals surface area contributed by atoms with Crippen molar-refractivity contribution in [2.75, 3.05) is 33.3 Å². The molecule has 0 fully saturated rings. The fraction of sp³-hybridized carbons (Fsp3) is 0.360. The van der Waals surface area contributed by atoms with E-state index in [-0.39, 0.29) is 17.5 Å². The van der Waals surface area contributed by atoms with Crippen LogP contribution in [0, 0.1) is 5.82 Å². The van der Waals surface area contributed by atoms with Crippen LogP contribution in [0.4, 0.5) is 4.39 Å². The minimum absolute atomic E-state index is 0.0849. The minimum atomic E-state index is -0.560. The van der Waals surface area contributed by atoms with Gasteiger partial charge in [-0.25, -0.2) is 9.18 Å². The second kappa shape index (κ2) is 10.4. The average molecular weight is 425 g/mol. The van der Waals surface area contributed by atoms with Crippen molar-refractivity contribution in [1.29, 1.82) is 0 Å². The van der Waals surface area contributed by atoms with Crippen molar-refractivity contribution in [3.8, 4) is 0 Å². The number of amides is 1. The van der Waals surface area contributed by atoms with E-state index >= 15 is 0 Å². The molecule has 1 unspecified atom stereocenters. The van der Waals surface area contributed by atoms with E-state index in [2.05, 4.69) is 9.64 Å². The number of nitrogens with zero attached hydrogens (tertiary/aromatic N) is 2. The monoisotopic (exact) mass is 424 g/mol. The van der Waals surface area contributed by atoms with Gasteiger partial charge in [-0.15, -0.1) is 0 Å². The molecule has 1 amide bonds. The second-order valence-corrected chi connectivity index (χ2v) is 7.48. The van der Waals surface area contributed by atoms with Crippen molar-refractivity contribution >= 4 is 17.4 Å². The summed E-state index contributed by atoms with van der Waals surface area (Å²) in [5.41, 5.74) is 2.52. The van der Waals surface area contributed by atoms with Gasteiger partial charge in [0.15, 0.2) is 0 Å². The summed E-state index contributed by atoms with van der Waals surface area (Å²) in [6, 6.07) is 13.8. The molecule has 5 nitrogen and oxygen atoms in total. The number of hydrogen-bond acceptors (Lipinski definition) is 4. The Bertz CT molecular complexity index is 954. The molecule has 1 atom stereocenters. The van der Waals surface area contributed by atoms with E-state index < -0.39 is 11.8 Å². The molecular formula is C25H29FN2O3. The standard InChI is InChI=1S/C25H29FN2O3/c1-4-27(5-2)24(29)23(19-9-7-6-8-10-19)28-15-13-18(14-16-28)21-12-11-20(17-22(21)26)25(30)31-3/h6-13,17,23H,4-5,14-16H2,1-3H3. The predicted molar refractivity (Wildman–Crippen MR) is 119 cm³/mol. The minimum Gasteiger partial charge on any atom is -0.465 e. The number of esters is 1. The van der Waals surface area contributed by atoms with Crippen molar-refractivity contribution in [2.45, 2.75) is 26.3 Å². The van der Waals surface area contributed by atoms with Gasteiger partial charge >= 0.3 is 5.97 Å². The largest absolute Gasteiger partial charge is 0.465 e. The molecule has 0 aliphatic carbocycles. The highest BCUT2D eigenvalue weighted by Gasteiger charge is 2.31. The Hall–Kier alpha value is -2.99. The van der Waals surface area contributed by atoms with Crippen LogP contribution in [-0.2, 0) is 9.53 Å². The third kappa shape index (κ3) is 5.02. The summed E-state index contributed by atoms with van der Waals surface area (Å²) in [6.07, 6.45) is 2.59. The number of halogens is 1. The van der Waals surface area contributed by atoms with E-state index in [0.29, 0.717) is 38.2 Å². The quantitative estimate of drug-likeness (QED) is 0.622. The third-order valence-electron chi connectivity index (χ3n) is 5.77. The number of hydrogen-bond donors (Lipinski definition) is 0. The Morgan fingerprint density at radius 3 is 2.39 bits per heavy atom. The SMILES string of the molecule is CCN(CC)C(=O)C(c1ccccc1)N1CC=C(c2ccc(C(=O)OC)cc2F)CC1. The highest BCUT2D eigenvalue weighted by Crippen LogP contribution is 2.31. The van der Waals surface area contributed by atoms with Crippen LogP contribution in [0.15, 0.2) is 54.6 Å². The molecule has 0 radical (unpaired) electrons. The van der Waals surface area contributed by atoms with Gasteiger partial charge in [-0.1, -0.05) is 42.5 Å². The average Bonchev–Trinajstić information content (AvgIpc) is 2.81. The molecule has 2 aromatic rings. The van der Waals surface area contributed by atoms with Crippen LogP contribution in [-0.4, -0.2) is 55.0 Å².